The summed E-state index contributed by atoms with van der Waals surface area (Å²) in [5, 5.41) is 13.0. The third kappa shape index (κ3) is 6.43. The van der Waals surface area contributed by atoms with Crippen LogP contribution in [0.1, 0.15) is 25.0 Å². The molecule has 0 aliphatic rings. The van der Waals surface area contributed by atoms with Gasteiger partial charge < -0.3 is 16.8 Å². The van der Waals surface area contributed by atoms with Crippen LogP contribution in [0.5, 0.6) is 0 Å². The minimum atomic E-state index is 0.0222. The van der Waals surface area contributed by atoms with E-state index in [1.807, 2.05) is 5.38 Å². The van der Waals surface area contributed by atoms with Crippen molar-refractivity contribution in [1.29, 1.82) is 5.41 Å². The van der Waals surface area contributed by atoms with Gasteiger partial charge in [0.05, 0.1) is 18.1 Å². The molecule has 0 aliphatic carbocycles. The van der Waals surface area contributed by atoms with Crippen LogP contribution in [0.2, 0.25) is 0 Å². The number of nitrogens with one attached hydrogen (secondary N) is 2. The molecule has 1 rings (SSSR count). The fourth-order valence-electron chi connectivity index (χ4n) is 1.43. The zero-order valence-corrected chi connectivity index (χ0v) is 11.5. The van der Waals surface area contributed by atoms with Gasteiger partial charge in [-0.2, -0.15) is 4.99 Å². The zero-order valence-electron chi connectivity index (χ0n) is 10.6. The SMILES string of the molecule is C#CCNC(=N)CCCCc1csc(N=C(N)N)n1. The first-order valence-electron chi connectivity index (χ1n) is 5.90. The molecule has 1 aromatic heterocycles. The van der Waals surface area contributed by atoms with Crippen LogP contribution in [-0.4, -0.2) is 23.3 Å². The van der Waals surface area contributed by atoms with Crippen molar-refractivity contribution in [3.05, 3.63) is 11.1 Å². The van der Waals surface area contributed by atoms with Crippen LogP contribution in [0, 0.1) is 17.8 Å². The number of guanidine groups is 1. The molecule has 0 aliphatic heterocycles. The normalized spacial score (nSPS) is 9.63. The number of nitrogens with zero attached hydrogens (tertiary/aromatic N) is 2. The standard InChI is InChI=1S/C12H18N6S/c1-2-7-16-10(13)6-4-3-5-9-8-19-12(17-9)18-11(14)15/h1,8H,3-7H2,(H2,13,16)(H4,14,15,17,18). The van der Waals surface area contributed by atoms with E-state index in [0.717, 1.165) is 25.0 Å². The zero-order chi connectivity index (χ0) is 14.1. The smallest absolute Gasteiger partial charge is 0.212 e. The number of hydrogen-bond acceptors (Lipinski definition) is 4. The minimum absolute atomic E-state index is 0.0222. The quantitative estimate of drug-likeness (QED) is 0.257. The highest BCUT2D eigenvalue weighted by Crippen LogP contribution is 2.19. The number of thiazole rings is 1. The van der Waals surface area contributed by atoms with Crippen LogP contribution in [0.15, 0.2) is 10.4 Å². The molecule has 19 heavy (non-hydrogen) atoms. The molecule has 0 atom stereocenters. The maximum Gasteiger partial charge on any atom is 0.212 e. The number of aromatic nitrogens is 1. The predicted octanol–water partition coefficient (Wildman–Crippen LogP) is 0.961. The summed E-state index contributed by atoms with van der Waals surface area (Å²) in [7, 11) is 0. The first-order chi connectivity index (χ1) is 9.11. The number of aryl methyl sites for hydroxylation is 1. The third-order valence-electron chi connectivity index (χ3n) is 2.28. The highest BCUT2D eigenvalue weighted by Gasteiger charge is 2.02. The van der Waals surface area contributed by atoms with E-state index in [9.17, 15) is 0 Å². The van der Waals surface area contributed by atoms with Crippen LogP contribution >= 0.6 is 11.3 Å². The molecule has 102 valence electrons. The van der Waals surface area contributed by atoms with Crippen molar-refractivity contribution >= 4 is 28.3 Å². The first kappa shape index (κ1) is 15.0. The lowest BCUT2D eigenvalue weighted by atomic mass is 10.1. The van der Waals surface area contributed by atoms with Crippen molar-refractivity contribution in [2.75, 3.05) is 6.54 Å². The molecular formula is C12H18N6S. The molecule has 0 spiro atoms. The Morgan fingerprint density at radius 1 is 1.53 bits per heavy atom. The lowest BCUT2D eigenvalue weighted by Crippen LogP contribution is -2.22. The summed E-state index contributed by atoms with van der Waals surface area (Å²) in [6, 6.07) is 0. The average Bonchev–Trinajstić information content (AvgIpc) is 2.79. The predicted molar refractivity (Wildman–Crippen MR) is 79.7 cm³/mol. The van der Waals surface area contributed by atoms with Crippen molar-refractivity contribution in [2.45, 2.75) is 25.7 Å². The van der Waals surface area contributed by atoms with Gasteiger partial charge in [0.15, 0.2) is 5.96 Å². The van der Waals surface area contributed by atoms with E-state index < -0.39 is 0 Å². The van der Waals surface area contributed by atoms with Gasteiger partial charge in [-0.1, -0.05) is 5.92 Å². The number of unbranched alkanes of at least 4 members (excludes halogenated alkanes) is 1. The van der Waals surface area contributed by atoms with Crippen LogP contribution in [0.3, 0.4) is 0 Å². The molecule has 0 fully saturated rings. The molecule has 1 heterocycles. The first-order valence-corrected chi connectivity index (χ1v) is 6.78. The van der Waals surface area contributed by atoms with E-state index in [4.69, 9.17) is 23.3 Å². The van der Waals surface area contributed by atoms with Gasteiger partial charge in [-0.05, 0) is 19.3 Å². The Hall–Kier alpha value is -2.07. The molecule has 0 radical (unpaired) electrons. The number of hydrogen-bond donors (Lipinski definition) is 4. The van der Waals surface area contributed by atoms with E-state index in [0.29, 0.717) is 23.9 Å². The van der Waals surface area contributed by atoms with E-state index in [1.165, 1.54) is 11.3 Å². The Morgan fingerprint density at radius 2 is 2.32 bits per heavy atom. The molecule has 6 N–H and O–H groups in total. The van der Waals surface area contributed by atoms with Gasteiger partial charge in [-0.25, -0.2) is 4.98 Å². The summed E-state index contributed by atoms with van der Waals surface area (Å²) in [4.78, 5) is 8.18. The fraction of sp³-hybridized carbons (Fsp3) is 0.417. The molecule has 6 nitrogen and oxygen atoms in total. The number of aliphatic imine (C=N–C) groups is 1. The molecule has 0 bridgehead atoms. The van der Waals surface area contributed by atoms with Gasteiger partial charge in [-0.15, -0.1) is 17.8 Å². The maximum atomic E-state index is 7.59. The number of nitrogens with two attached hydrogens (primary N) is 2. The topological polar surface area (TPSA) is 113 Å². The third-order valence-corrected chi connectivity index (χ3v) is 3.06. The van der Waals surface area contributed by atoms with Crippen LogP contribution in [-0.2, 0) is 6.42 Å². The number of terminal acetylenes is 1. The summed E-state index contributed by atoms with van der Waals surface area (Å²) < 4.78 is 0. The Bertz CT molecular complexity index is 481. The molecule has 0 saturated heterocycles. The average molecular weight is 278 g/mol. The van der Waals surface area contributed by atoms with Crippen LogP contribution < -0.4 is 16.8 Å². The maximum absolute atomic E-state index is 7.59. The Balaban J connectivity index is 2.23. The van der Waals surface area contributed by atoms with Crippen LogP contribution in [0.25, 0.3) is 0 Å². The van der Waals surface area contributed by atoms with E-state index in [-0.39, 0.29) is 5.96 Å². The van der Waals surface area contributed by atoms with Crippen molar-refractivity contribution in [3.63, 3.8) is 0 Å². The minimum Gasteiger partial charge on any atom is -0.370 e. The highest BCUT2D eigenvalue weighted by atomic mass is 32.1. The van der Waals surface area contributed by atoms with Gasteiger partial charge in [0.1, 0.15) is 0 Å². The Morgan fingerprint density at radius 3 is 3.00 bits per heavy atom. The highest BCUT2D eigenvalue weighted by molar-refractivity contribution is 7.13. The second kappa shape index (κ2) is 8.11. The van der Waals surface area contributed by atoms with Crippen molar-refractivity contribution in [3.8, 4) is 12.3 Å². The molecule has 0 amide bonds. The summed E-state index contributed by atoms with van der Waals surface area (Å²) in [6.07, 6.45) is 8.55. The molecule has 0 unspecified atom stereocenters. The summed E-state index contributed by atoms with van der Waals surface area (Å²) in [5.41, 5.74) is 11.5. The van der Waals surface area contributed by atoms with E-state index in [2.05, 4.69) is 21.2 Å². The van der Waals surface area contributed by atoms with Crippen LogP contribution in [0.4, 0.5) is 5.13 Å². The van der Waals surface area contributed by atoms with E-state index >= 15 is 0 Å². The number of rotatable bonds is 7. The van der Waals surface area contributed by atoms with Gasteiger partial charge in [0, 0.05) is 11.8 Å². The van der Waals surface area contributed by atoms with Gasteiger partial charge in [0.2, 0.25) is 5.13 Å². The van der Waals surface area contributed by atoms with Gasteiger partial charge in [-0.3, -0.25) is 5.41 Å². The summed E-state index contributed by atoms with van der Waals surface area (Å²) in [5.74, 6) is 2.95. The van der Waals surface area contributed by atoms with Crippen molar-refractivity contribution in [1.82, 2.24) is 10.3 Å². The second-order valence-electron chi connectivity index (χ2n) is 3.90. The fourth-order valence-corrected chi connectivity index (χ4v) is 2.17. The Labute approximate surface area is 116 Å². The van der Waals surface area contributed by atoms with Gasteiger partial charge >= 0.3 is 0 Å². The monoisotopic (exact) mass is 278 g/mol. The number of amidine groups is 1. The largest absolute Gasteiger partial charge is 0.370 e. The molecular weight excluding hydrogens is 260 g/mol. The summed E-state index contributed by atoms with van der Waals surface area (Å²) >= 11 is 1.42. The van der Waals surface area contributed by atoms with Crippen molar-refractivity contribution < 1.29 is 0 Å². The molecule has 0 aromatic carbocycles. The Kier molecular flexibility index (Phi) is 6.39. The molecule has 7 heteroatoms. The van der Waals surface area contributed by atoms with Crippen molar-refractivity contribution in [2.24, 2.45) is 16.5 Å². The van der Waals surface area contributed by atoms with E-state index in [1.54, 1.807) is 0 Å². The molecule has 1 aromatic rings. The summed E-state index contributed by atoms with van der Waals surface area (Å²) in [6.45, 7) is 0.410. The van der Waals surface area contributed by atoms with Gasteiger partial charge in [0.25, 0.3) is 0 Å². The lowest BCUT2D eigenvalue weighted by molar-refractivity contribution is 0.738. The second-order valence-corrected chi connectivity index (χ2v) is 4.74. The lowest BCUT2D eigenvalue weighted by Gasteiger charge is -2.03. The molecule has 0 saturated carbocycles.